The maximum absolute atomic E-state index is 12.0. The topological polar surface area (TPSA) is 46.2 Å². The molecule has 3 nitrogen and oxygen atoms in total. The third kappa shape index (κ3) is 5.32. The second kappa shape index (κ2) is 8.39. The number of benzene rings is 2. The van der Waals surface area contributed by atoms with Gasteiger partial charge in [0.15, 0.2) is 9.84 Å². The Bertz CT molecular complexity index is 660. The second-order valence-corrected chi connectivity index (χ2v) is 6.92. The number of hydrogen-bond donors (Lipinski definition) is 1. The molecule has 0 amide bonds. The van der Waals surface area contributed by atoms with Gasteiger partial charge in [-0.25, -0.2) is 8.42 Å². The van der Waals surface area contributed by atoms with Crippen LogP contribution in [0.1, 0.15) is 5.56 Å². The van der Waals surface area contributed by atoms with Crippen LogP contribution < -0.4 is 5.32 Å². The maximum Gasteiger partial charge on any atom is 0.179 e. The summed E-state index contributed by atoms with van der Waals surface area (Å²) in [5.41, 5.74) is 0.964. The number of rotatable bonds is 6. The quantitative estimate of drug-likeness (QED) is 0.816. The largest absolute Gasteiger partial charge is 0.312 e. The second-order valence-electron chi connectivity index (χ2n) is 4.40. The van der Waals surface area contributed by atoms with E-state index in [1.54, 1.807) is 30.3 Å². The summed E-state index contributed by atoms with van der Waals surface area (Å²) in [6.07, 6.45) is 0. The minimum Gasteiger partial charge on any atom is -0.312 e. The Labute approximate surface area is 136 Å². The van der Waals surface area contributed by atoms with Crippen LogP contribution in [0.5, 0.6) is 0 Å². The molecule has 114 valence electrons. The molecule has 0 aromatic heterocycles. The van der Waals surface area contributed by atoms with Crippen LogP contribution in [0.3, 0.4) is 0 Å². The lowest BCUT2D eigenvalue weighted by Gasteiger charge is -2.07. The molecule has 2 rings (SSSR count). The van der Waals surface area contributed by atoms with Gasteiger partial charge in [0.2, 0.25) is 0 Å². The van der Waals surface area contributed by atoms with Crippen LogP contribution in [-0.4, -0.2) is 20.7 Å². The molecule has 0 saturated carbocycles. The zero-order valence-electron chi connectivity index (χ0n) is 11.3. The van der Waals surface area contributed by atoms with Crippen molar-refractivity contribution in [3.05, 3.63) is 65.2 Å². The van der Waals surface area contributed by atoms with Gasteiger partial charge in [-0.05, 0) is 23.8 Å². The summed E-state index contributed by atoms with van der Waals surface area (Å²) in [5, 5.41) is 3.79. The summed E-state index contributed by atoms with van der Waals surface area (Å²) >= 11 is 6.03. The van der Waals surface area contributed by atoms with Crippen LogP contribution in [-0.2, 0) is 16.4 Å². The first-order valence-corrected chi connectivity index (χ1v) is 8.34. The first kappa shape index (κ1) is 18.0. The van der Waals surface area contributed by atoms with Crippen LogP contribution in [0.25, 0.3) is 0 Å². The summed E-state index contributed by atoms with van der Waals surface area (Å²) in [4.78, 5) is 0.361. The van der Waals surface area contributed by atoms with Gasteiger partial charge in [0, 0.05) is 18.1 Å². The van der Waals surface area contributed by atoms with E-state index in [9.17, 15) is 8.42 Å². The van der Waals surface area contributed by atoms with E-state index in [1.807, 2.05) is 24.3 Å². The van der Waals surface area contributed by atoms with Gasteiger partial charge in [0.25, 0.3) is 0 Å². The highest BCUT2D eigenvalue weighted by Gasteiger charge is 2.12. The summed E-state index contributed by atoms with van der Waals surface area (Å²) in [6.45, 7) is 0.951. The van der Waals surface area contributed by atoms with Crippen molar-refractivity contribution < 1.29 is 8.42 Å². The SMILES string of the molecule is Cl.O=S(=O)(CCNCc1ccccc1Cl)c1ccccc1. The molecule has 1 N–H and O–H groups in total. The first-order valence-electron chi connectivity index (χ1n) is 6.31. The molecule has 0 aliphatic heterocycles. The van der Waals surface area contributed by atoms with E-state index < -0.39 is 9.84 Å². The average Bonchev–Trinajstić information content (AvgIpc) is 2.46. The van der Waals surface area contributed by atoms with Crippen molar-refractivity contribution >= 4 is 33.8 Å². The molecule has 2 aromatic rings. The Morgan fingerprint density at radius 1 is 0.952 bits per heavy atom. The third-order valence-corrected chi connectivity index (χ3v) is 5.02. The van der Waals surface area contributed by atoms with Crippen LogP contribution in [0.2, 0.25) is 5.02 Å². The van der Waals surface area contributed by atoms with Crippen LogP contribution in [0.15, 0.2) is 59.5 Å². The molecule has 0 aliphatic rings. The Morgan fingerprint density at radius 3 is 2.24 bits per heavy atom. The molecule has 0 fully saturated rings. The van der Waals surface area contributed by atoms with E-state index >= 15 is 0 Å². The Kier molecular flexibility index (Phi) is 7.18. The molecule has 0 saturated heterocycles. The Balaban J connectivity index is 0.00000220. The molecule has 0 atom stereocenters. The van der Waals surface area contributed by atoms with Crippen molar-refractivity contribution in [3.63, 3.8) is 0 Å². The molecule has 0 aliphatic carbocycles. The molecule has 0 spiro atoms. The summed E-state index contributed by atoms with van der Waals surface area (Å²) in [7, 11) is -3.22. The number of hydrogen-bond acceptors (Lipinski definition) is 3. The van der Waals surface area contributed by atoms with E-state index in [4.69, 9.17) is 11.6 Å². The van der Waals surface area contributed by atoms with Crippen molar-refractivity contribution in [1.82, 2.24) is 5.32 Å². The van der Waals surface area contributed by atoms with Crippen molar-refractivity contribution in [2.75, 3.05) is 12.3 Å². The van der Waals surface area contributed by atoms with E-state index in [-0.39, 0.29) is 18.2 Å². The van der Waals surface area contributed by atoms with Crippen molar-refractivity contribution in [1.29, 1.82) is 0 Å². The first-order chi connectivity index (χ1) is 9.59. The lowest BCUT2D eigenvalue weighted by molar-refractivity contribution is 0.590. The van der Waals surface area contributed by atoms with E-state index in [0.29, 0.717) is 23.0 Å². The minimum atomic E-state index is -3.22. The summed E-state index contributed by atoms with van der Waals surface area (Å²) in [5.74, 6) is 0.0709. The number of sulfone groups is 1. The zero-order valence-corrected chi connectivity index (χ0v) is 13.7. The molecule has 0 radical (unpaired) electrons. The summed E-state index contributed by atoms with van der Waals surface area (Å²) < 4.78 is 24.1. The van der Waals surface area contributed by atoms with Crippen molar-refractivity contribution in [3.8, 4) is 0 Å². The molecular formula is C15H17Cl2NO2S. The standard InChI is InChI=1S/C15H16ClNO2S.ClH/c16-15-9-5-4-6-13(15)12-17-10-11-20(18,19)14-7-2-1-3-8-14;/h1-9,17H,10-12H2;1H. The van der Waals surface area contributed by atoms with Gasteiger partial charge in [-0.1, -0.05) is 48.0 Å². The third-order valence-electron chi connectivity index (χ3n) is 2.92. The smallest absolute Gasteiger partial charge is 0.179 e. The lowest BCUT2D eigenvalue weighted by atomic mass is 10.2. The fourth-order valence-corrected chi connectivity index (χ4v) is 3.24. The maximum atomic E-state index is 12.0. The van der Waals surface area contributed by atoms with Gasteiger partial charge < -0.3 is 5.32 Å². The zero-order chi connectivity index (χ0) is 14.4. The highest BCUT2D eigenvalue weighted by atomic mass is 35.5. The van der Waals surface area contributed by atoms with E-state index in [1.165, 1.54) is 0 Å². The fraction of sp³-hybridized carbons (Fsp3) is 0.200. The van der Waals surface area contributed by atoms with Crippen LogP contribution in [0, 0.1) is 0 Å². The lowest BCUT2D eigenvalue weighted by Crippen LogP contribution is -2.22. The highest BCUT2D eigenvalue weighted by molar-refractivity contribution is 7.91. The molecule has 0 heterocycles. The van der Waals surface area contributed by atoms with E-state index in [0.717, 1.165) is 5.56 Å². The molecule has 6 heteroatoms. The monoisotopic (exact) mass is 345 g/mol. The Morgan fingerprint density at radius 2 is 1.57 bits per heavy atom. The van der Waals surface area contributed by atoms with Gasteiger partial charge in [0.1, 0.15) is 0 Å². The summed E-state index contributed by atoms with van der Waals surface area (Å²) in [6, 6.07) is 16.0. The molecule has 0 bridgehead atoms. The molecule has 2 aromatic carbocycles. The molecule has 0 unspecified atom stereocenters. The normalized spacial score (nSPS) is 10.9. The Hall–Kier alpha value is -1.07. The van der Waals surface area contributed by atoms with Crippen molar-refractivity contribution in [2.24, 2.45) is 0 Å². The van der Waals surface area contributed by atoms with Crippen molar-refractivity contribution in [2.45, 2.75) is 11.4 Å². The highest BCUT2D eigenvalue weighted by Crippen LogP contribution is 2.14. The van der Waals surface area contributed by atoms with Crippen LogP contribution >= 0.6 is 24.0 Å². The van der Waals surface area contributed by atoms with Crippen LogP contribution in [0.4, 0.5) is 0 Å². The number of halogens is 2. The number of nitrogens with one attached hydrogen (secondary N) is 1. The molecule has 21 heavy (non-hydrogen) atoms. The van der Waals surface area contributed by atoms with E-state index in [2.05, 4.69) is 5.32 Å². The minimum absolute atomic E-state index is 0. The van der Waals surface area contributed by atoms with Gasteiger partial charge in [0.05, 0.1) is 10.6 Å². The predicted molar refractivity (Wildman–Crippen MR) is 88.9 cm³/mol. The molecular weight excluding hydrogens is 329 g/mol. The fourth-order valence-electron chi connectivity index (χ4n) is 1.82. The van der Waals surface area contributed by atoms with Gasteiger partial charge in [-0.2, -0.15) is 0 Å². The average molecular weight is 346 g/mol. The predicted octanol–water partition coefficient (Wildman–Crippen LogP) is 3.33. The van der Waals surface area contributed by atoms with Gasteiger partial charge in [-0.15, -0.1) is 12.4 Å². The van der Waals surface area contributed by atoms with Gasteiger partial charge >= 0.3 is 0 Å². The van der Waals surface area contributed by atoms with Gasteiger partial charge in [-0.3, -0.25) is 0 Å².